The number of nitrogens with zero attached hydrogens (tertiary/aromatic N) is 2. The molecule has 78 valence electrons. The van der Waals surface area contributed by atoms with Crippen molar-refractivity contribution in [2.45, 2.75) is 16.8 Å². The van der Waals surface area contributed by atoms with Crippen molar-refractivity contribution in [2.75, 3.05) is 4.43 Å². The van der Waals surface area contributed by atoms with Crippen molar-refractivity contribution >= 4 is 0 Å². The topological polar surface area (TPSA) is 17.8 Å². The molecule has 14 heavy (non-hydrogen) atoms. The molecule has 1 aromatic heterocycles. The molecule has 0 saturated carbocycles. The van der Waals surface area contributed by atoms with Crippen molar-refractivity contribution in [3.63, 3.8) is 0 Å². The van der Waals surface area contributed by atoms with Crippen LogP contribution in [0.4, 0.5) is 8.78 Å². The van der Waals surface area contributed by atoms with Gasteiger partial charge in [0.2, 0.25) is 0 Å². The average Bonchev–Trinajstić information content (AvgIpc) is 2.30. The summed E-state index contributed by atoms with van der Waals surface area (Å²) in [5, 5.41) is 4.10. The molecule has 1 fully saturated rings. The predicted molar refractivity (Wildman–Crippen MR) is 42.9 cm³/mol. The van der Waals surface area contributed by atoms with Gasteiger partial charge in [0.05, 0.1) is 0 Å². The van der Waals surface area contributed by atoms with Gasteiger partial charge < -0.3 is 0 Å². The fourth-order valence-corrected chi connectivity index (χ4v) is 6.12. The summed E-state index contributed by atoms with van der Waals surface area (Å²) in [5.74, 6) is -3.01. The number of halogens is 3. The molecule has 5 heteroatoms. The molecule has 3 rings (SSSR count). The number of aromatic nitrogens is 2. The maximum atomic E-state index is 13.9. The van der Waals surface area contributed by atoms with E-state index in [4.69, 9.17) is 0 Å². The fourth-order valence-electron chi connectivity index (χ4n) is 2.40. The first-order valence-electron chi connectivity index (χ1n) is 4.53. The van der Waals surface area contributed by atoms with Crippen LogP contribution in [-0.2, 0) is 13.0 Å². The van der Waals surface area contributed by atoms with E-state index in [0.29, 0.717) is 0 Å². The summed E-state index contributed by atoms with van der Waals surface area (Å²) in [6, 6.07) is 0. The van der Waals surface area contributed by atoms with Gasteiger partial charge in [0.15, 0.2) is 0 Å². The van der Waals surface area contributed by atoms with E-state index >= 15 is 0 Å². The molecule has 2 nitrogen and oxygen atoms in total. The van der Waals surface area contributed by atoms with Crippen molar-refractivity contribution in [1.29, 1.82) is 0 Å². The van der Waals surface area contributed by atoms with Gasteiger partial charge in [-0.2, -0.15) is 0 Å². The van der Waals surface area contributed by atoms with Gasteiger partial charge in [0, 0.05) is 0 Å². The first-order valence-corrected chi connectivity index (χ1v) is 7.30. The molecular weight excluding hydrogens is 301 g/mol. The van der Waals surface area contributed by atoms with Gasteiger partial charge in [-0.3, -0.25) is 0 Å². The molecule has 2 aliphatic rings. The van der Waals surface area contributed by atoms with E-state index in [9.17, 15) is 8.78 Å². The van der Waals surface area contributed by atoms with Crippen LogP contribution in [-0.4, -0.2) is 14.2 Å². The zero-order chi connectivity index (χ0) is 10.1. The molecule has 1 aromatic rings. The molecule has 1 aliphatic heterocycles. The van der Waals surface area contributed by atoms with Gasteiger partial charge >= 0.3 is 90.9 Å². The van der Waals surface area contributed by atoms with Gasteiger partial charge in [-0.25, -0.2) is 0 Å². The van der Waals surface area contributed by atoms with Crippen LogP contribution in [0.1, 0.15) is 20.9 Å². The number of fused-ring (bicyclic) bond motifs is 3. The Labute approximate surface area is 90.9 Å². The zero-order valence-electron chi connectivity index (χ0n) is 7.89. The Hall–Kier alpha value is -0.200. The number of rotatable bonds is 0. The first-order chi connectivity index (χ1) is 6.53. The molecule has 1 saturated heterocycles. The van der Waals surface area contributed by atoms with Gasteiger partial charge in [-0.05, 0) is 0 Å². The van der Waals surface area contributed by atoms with Crippen LogP contribution >= 0.6 is 0 Å². The first kappa shape index (κ1) is 9.06. The number of hydrogen-bond acceptors (Lipinski definition) is 1. The Morgan fingerprint density at radius 3 is 2.86 bits per heavy atom. The maximum absolute atomic E-state index is 13.9. The van der Waals surface area contributed by atoms with Gasteiger partial charge in [0.1, 0.15) is 0 Å². The van der Waals surface area contributed by atoms with Gasteiger partial charge in [-0.15, -0.1) is 0 Å². The van der Waals surface area contributed by atoms with Crippen molar-refractivity contribution in [1.82, 2.24) is 9.78 Å². The third-order valence-corrected chi connectivity index (χ3v) is 7.00. The molecule has 0 amide bonds. The SMILES string of the molecule is Cc1nn(C)c2c1[C@H]1[I-]C[C@H]1C2(F)F. The van der Waals surface area contributed by atoms with Crippen LogP contribution in [0, 0.1) is 12.8 Å². The zero-order valence-corrected chi connectivity index (χ0v) is 10.0. The molecule has 1 aliphatic carbocycles. The summed E-state index contributed by atoms with van der Waals surface area (Å²) >= 11 is -0.0379. The Balaban J connectivity index is 2.27. The van der Waals surface area contributed by atoms with Gasteiger partial charge in [0.25, 0.3) is 0 Å². The molecule has 0 bridgehead atoms. The molecule has 0 N–H and O–H groups in total. The van der Waals surface area contributed by atoms with E-state index in [1.807, 2.05) is 6.92 Å². The molecule has 2 heterocycles. The van der Waals surface area contributed by atoms with E-state index < -0.39 is 11.8 Å². The summed E-state index contributed by atoms with van der Waals surface area (Å²) in [6.07, 6.45) is 0. The summed E-state index contributed by atoms with van der Waals surface area (Å²) in [4.78, 5) is 0. The second-order valence-electron chi connectivity index (χ2n) is 3.91. The van der Waals surface area contributed by atoms with E-state index in [2.05, 4.69) is 5.10 Å². The Morgan fingerprint density at radius 2 is 2.29 bits per heavy atom. The van der Waals surface area contributed by atoms with Gasteiger partial charge in [-0.1, -0.05) is 0 Å². The van der Waals surface area contributed by atoms with Crippen LogP contribution in [0.3, 0.4) is 0 Å². The van der Waals surface area contributed by atoms with Crippen molar-refractivity contribution in [3.8, 4) is 0 Å². The third kappa shape index (κ3) is 0.827. The van der Waals surface area contributed by atoms with Crippen LogP contribution in [0.2, 0.25) is 0 Å². The second-order valence-corrected chi connectivity index (χ2v) is 7.01. The number of hydrogen-bond donors (Lipinski definition) is 0. The minimum absolute atomic E-state index is 0.0379. The van der Waals surface area contributed by atoms with Crippen molar-refractivity contribution in [3.05, 3.63) is 17.0 Å². The summed E-state index contributed by atoms with van der Waals surface area (Å²) in [7, 11) is 1.63. The molecule has 0 aromatic carbocycles. The van der Waals surface area contributed by atoms with Crippen molar-refractivity contribution < 1.29 is 30.0 Å². The predicted octanol–water partition coefficient (Wildman–Crippen LogP) is -1.41. The Morgan fingerprint density at radius 1 is 1.57 bits per heavy atom. The summed E-state index contributed by atoms with van der Waals surface area (Å²) in [5.41, 5.74) is 1.89. The molecule has 0 radical (unpaired) electrons. The quantitative estimate of drug-likeness (QED) is 0.425. The fraction of sp³-hybridized carbons (Fsp3) is 0.667. The van der Waals surface area contributed by atoms with E-state index in [-0.39, 0.29) is 30.8 Å². The standard InChI is InChI=1S/C9H10F2IN2/c1-4-6-7-5(3-12-7)9(10,11)8(6)14(2)13-4/h5,7H,3H2,1-2H3/q-1/t5-,7+/m1/s1. The normalized spacial score (nSPS) is 32.9. The average molecular weight is 311 g/mol. The van der Waals surface area contributed by atoms with E-state index in [0.717, 1.165) is 15.7 Å². The molecule has 0 unspecified atom stereocenters. The third-order valence-electron chi connectivity index (χ3n) is 3.10. The monoisotopic (exact) mass is 311 g/mol. The number of alkyl halides is 4. The van der Waals surface area contributed by atoms with Crippen LogP contribution in [0.15, 0.2) is 0 Å². The van der Waals surface area contributed by atoms with Crippen LogP contribution < -0.4 is 21.2 Å². The van der Waals surface area contributed by atoms with Crippen LogP contribution in [0.5, 0.6) is 0 Å². The van der Waals surface area contributed by atoms with Crippen molar-refractivity contribution in [2.24, 2.45) is 13.0 Å². The Bertz CT molecular complexity index is 413. The molecule has 2 atom stereocenters. The van der Waals surface area contributed by atoms with E-state index in [1.165, 1.54) is 4.68 Å². The van der Waals surface area contributed by atoms with E-state index in [1.54, 1.807) is 7.05 Å². The second kappa shape index (κ2) is 2.48. The minimum atomic E-state index is -2.62. The summed E-state index contributed by atoms with van der Waals surface area (Å²) < 4.78 is 30.1. The molecule has 0 spiro atoms. The van der Waals surface area contributed by atoms with Crippen LogP contribution in [0.25, 0.3) is 0 Å². The summed E-state index contributed by atoms with van der Waals surface area (Å²) in [6.45, 7) is 1.85. The molecular formula is C9H10F2IN2-. The number of aryl methyl sites for hydroxylation is 2. The Kier molecular flexibility index (Phi) is 1.61.